The van der Waals surface area contributed by atoms with Gasteiger partial charge in [-0.15, -0.1) is 16.8 Å². The Labute approximate surface area is 142 Å². The van der Waals surface area contributed by atoms with Crippen molar-refractivity contribution in [2.45, 2.75) is 13.5 Å². The predicted octanol–water partition coefficient (Wildman–Crippen LogP) is 1.53. The van der Waals surface area contributed by atoms with Gasteiger partial charge in [0.25, 0.3) is 0 Å². The Morgan fingerprint density at radius 2 is 2.00 bits per heavy atom. The molecule has 2 heterocycles. The Morgan fingerprint density at radius 3 is 2.58 bits per heavy atom. The van der Waals surface area contributed by atoms with Crippen molar-refractivity contribution in [2.24, 2.45) is 12.8 Å². The molecule has 8 nitrogen and oxygen atoms in total. The number of fused-ring (bicyclic) bond motifs is 1. The summed E-state index contributed by atoms with van der Waals surface area (Å²) < 4.78 is 12.6. The number of ether oxygens (including phenoxy) is 2. The van der Waals surface area contributed by atoms with E-state index in [-0.39, 0.29) is 6.79 Å². The molecule has 132 valence electrons. The van der Waals surface area contributed by atoms with Crippen LogP contribution < -0.4 is 25.8 Å². The maximum absolute atomic E-state index is 5.68. The number of hydrogen-bond acceptors (Lipinski definition) is 7. The summed E-state index contributed by atoms with van der Waals surface area (Å²) in [5.41, 5.74) is 11.2. The first-order chi connectivity index (χ1) is 11.6. The molecule has 1 aromatic carbocycles. The molecule has 4 N–H and O–H groups in total. The SMILES string of the molecule is C=CC.CN.CN(Cc1cccc2c1OCO2)c1nnc(N)n1C. The zero-order valence-electron chi connectivity index (χ0n) is 14.7. The fourth-order valence-corrected chi connectivity index (χ4v) is 2.11. The van der Waals surface area contributed by atoms with E-state index in [1.165, 1.54) is 7.05 Å². The highest BCUT2D eigenvalue weighted by atomic mass is 16.7. The fraction of sp³-hybridized carbons (Fsp3) is 0.375. The van der Waals surface area contributed by atoms with Gasteiger partial charge in [-0.25, -0.2) is 0 Å². The number of nitrogens with two attached hydrogens (primary N) is 2. The molecule has 0 unspecified atom stereocenters. The molecule has 0 radical (unpaired) electrons. The lowest BCUT2D eigenvalue weighted by Gasteiger charge is -2.18. The number of para-hydroxylation sites is 1. The van der Waals surface area contributed by atoms with E-state index in [4.69, 9.17) is 15.2 Å². The van der Waals surface area contributed by atoms with E-state index < -0.39 is 0 Å². The molecule has 0 bridgehead atoms. The van der Waals surface area contributed by atoms with Crippen LogP contribution in [0.25, 0.3) is 0 Å². The van der Waals surface area contributed by atoms with Gasteiger partial charge in [0.2, 0.25) is 18.7 Å². The predicted molar refractivity (Wildman–Crippen MR) is 96.1 cm³/mol. The van der Waals surface area contributed by atoms with Gasteiger partial charge in [-0.1, -0.05) is 18.2 Å². The van der Waals surface area contributed by atoms with E-state index in [1.807, 2.05) is 44.1 Å². The maximum atomic E-state index is 5.68. The number of aromatic nitrogens is 3. The molecule has 0 saturated heterocycles. The van der Waals surface area contributed by atoms with E-state index in [9.17, 15) is 0 Å². The first-order valence-electron chi connectivity index (χ1n) is 7.46. The van der Waals surface area contributed by atoms with E-state index in [0.717, 1.165) is 17.1 Å². The lowest BCUT2D eigenvalue weighted by atomic mass is 10.2. The minimum Gasteiger partial charge on any atom is -0.454 e. The van der Waals surface area contributed by atoms with Crippen LogP contribution in [0.3, 0.4) is 0 Å². The molecule has 2 aromatic rings. The van der Waals surface area contributed by atoms with Crippen LogP contribution in [0.4, 0.5) is 11.9 Å². The van der Waals surface area contributed by atoms with E-state index >= 15 is 0 Å². The third-order valence-electron chi connectivity index (χ3n) is 3.11. The van der Waals surface area contributed by atoms with Crippen molar-refractivity contribution in [2.75, 3.05) is 31.5 Å². The standard InChI is InChI=1S/C12H15N5O2.C3H6.CH5N/c1-16(12-15-14-11(13)17(12)2)6-8-4-3-5-9-10(8)19-7-18-9;1-3-2;1-2/h3-5H,6-7H2,1-2H3,(H2,13,14);3H,1H2,2H3;2H2,1H3. The molecule has 0 saturated carbocycles. The summed E-state index contributed by atoms with van der Waals surface area (Å²) in [5, 5.41) is 7.89. The first kappa shape index (κ1) is 19.3. The van der Waals surface area contributed by atoms with Crippen molar-refractivity contribution in [1.82, 2.24) is 14.8 Å². The number of rotatable bonds is 3. The lowest BCUT2D eigenvalue weighted by molar-refractivity contribution is 0.173. The Bertz CT molecular complexity index is 656. The average Bonchev–Trinajstić information content (AvgIpc) is 3.18. The normalized spacial score (nSPS) is 10.9. The second-order valence-corrected chi connectivity index (χ2v) is 4.83. The number of allylic oxidation sites excluding steroid dienone is 1. The molecule has 1 aromatic heterocycles. The number of nitrogen functional groups attached to an aromatic ring is 1. The quantitative estimate of drug-likeness (QED) is 0.820. The third kappa shape index (κ3) is 4.39. The van der Waals surface area contributed by atoms with Crippen molar-refractivity contribution < 1.29 is 9.47 Å². The molecule has 0 aliphatic carbocycles. The van der Waals surface area contributed by atoms with Gasteiger partial charge in [-0.3, -0.25) is 4.57 Å². The third-order valence-corrected chi connectivity index (χ3v) is 3.11. The largest absolute Gasteiger partial charge is 0.454 e. The van der Waals surface area contributed by atoms with Crippen LogP contribution in [-0.4, -0.2) is 35.7 Å². The molecule has 24 heavy (non-hydrogen) atoms. The molecular weight excluding hydrogens is 308 g/mol. The summed E-state index contributed by atoms with van der Waals surface area (Å²) in [6, 6.07) is 5.84. The Kier molecular flexibility index (Phi) is 7.57. The highest BCUT2D eigenvalue weighted by Gasteiger charge is 2.19. The lowest BCUT2D eigenvalue weighted by Crippen LogP contribution is -2.20. The zero-order valence-corrected chi connectivity index (χ0v) is 14.7. The Morgan fingerprint density at radius 1 is 1.33 bits per heavy atom. The second kappa shape index (κ2) is 9.41. The summed E-state index contributed by atoms with van der Waals surface area (Å²) >= 11 is 0. The molecule has 0 amide bonds. The topological polar surface area (TPSA) is 104 Å². The smallest absolute Gasteiger partial charge is 0.231 e. The van der Waals surface area contributed by atoms with Crippen LogP contribution in [-0.2, 0) is 13.6 Å². The number of benzene rings is 1. The summed E-state index contributed by atoms with van der Waals surface area (Å²) in [7, 11) is 5.26. The van der Waals surface area contributed by atoms with Crippen LogP contribution in [0.2, 0.25) is 0 Å². The Hall–Kier alpha value is -2.74. The zero-order chi connectivity index (χ0) is 18.1. The summed E-state index contributed by atoms with van der Waals surface area (Å²) in [6.45, 7) is 6.16. The van der Waals surface area contributed by atoms with Crippen LogP contribution in [0.15, 0.2) is 30.9 Å². The minimum absolute atomic E-state index is 0.271. The van der Waals surface area contributed by atoms with Crippen LogP contribution in [0.1, 0.15) is 12.5 Å². The molecule has 1 aliphatic rings. The summed E-state index contributed by atoms with van der Waals surface area (Å²) in [5.74, 6) is 2.67. The van der Waals surface area contributed by atoms with Crippen molar-refractivity contribution in [3.63, 3.8) is 0 Å². The van der Waals surface area contributed by atoms with Gasteiger partial charge in [0.05, 0.1) is 0 Å². The van der Waals surface area contributed by atoms with Gasteiger partial charge < -0.3 is 25.8 Å². The Balaban J connectivity index is 0.000000521. The van der Waals surface area contributed by atoms with Gasteiger partial charge >= 0.3 is 0 Å². The fourth-order valence-electron chi connectivity index (χ4n) is 2.11. The van der Waals surface area contributed by atoms with Crippen molar-refractivity contribution >= 4 is 11.9 Å². The van der Waals surface area contributed by atoms with Crippen LogP contribution in [0, 0.1) is 0 Å². The van der Waals surface area contributed by atoms with Crippen LogP contribution >= 0.6 is 0 Å². The number of nitrogens with zero attached hydrogens (tertiary/aromatic N) is 4. The van der Waals surface area contributed by atoms with Gasteiger partial charge in [0.1, 0.15) is 0 Å². The molecule has 0 spiro atoms. The first-order valence-corrected chi connectivity index (χ1v) is 7.46. The summed E-state index contributed by atoms with van der Waals surface area (Å²) in [4.78, 5) is 1.96. The molecular formula is C16H26N6O2. The summed E-state index contributed by atoms with van der Waals surface area (Å²) in [6.07, 6.45) is 1.75. The molecule has 1 aliphatic heterocycles. The van der Waals surface area contributed by atoms with E-state index in [1.54, 1.807) is 10.6 Å². The van der Waals surface area contributed by atoms with Crippen molar-refractivity contribution in [1.29, 1.82) is 0 Å². The van der Waals surface area contributed by atoms with E-state index in [2.05, 4.69) is 22.5 Å². The van der Waals surface area contributed by atoms with Gasteiger partial charge in [0.15, 0.2) is 11.5 Å². The van der Waals surface area contributed by atoms with Crippen LogP contribution in [0.5, 0.6) is 11.5 Å². The molecule has 3 rings (SSSR count). The molecule has 0 atom stereocenters. The minimum atomic E-state index is 0.271. The second-order valence-electron chi connectivity index (χ2n) is 4.83. The number of anilines is 2. The average molecular weight is 334 g/mol. The maximum Gasteiger partial charge on any atom is 0.231 e. The van der Waals surface area contributed by atoms with Crippen molar-refractivity contribution in [3.05, 3.63) is 36.4 Å². The monoisotopic (exact) mass is 334 g/mol. The molecule has 0 fully saturated rings. The van der Waals surface area contributed by atoms with Crippen molar-refractivity contribution in [3.8, 4) is 11.5 Å². The van der Waals surface area contributed by atoms with Gasteiger partial charge in [0, 0.05) is 26.2 Å². The van der Waals surface area contributed by atoms with E-state index in [0.29, 0.717) is 18.4 Å². The van der Waals surface area contributed by atoms with Gasteiger partial charge in [-0.05, 0) is 20.0 Å². The van der Waals surface area contributed by atoms with Gasteiger partial charge in [-0.2, -0.15) is 0 Å². The highest BCUT2D eigenvalue weighted by molar-refractivity contribution is 5.50. The highest BCUT2D eigenvalue weighted by Crippen LogP contribution is 2.36. The molecule has 8 heteroatoms. The number of hydrogen-bond donors (Lipinski definition) is 2.